The third-order valence-electron chi connectivity index (χ3n) is 3.28. The Labute approximate surface area is 118 Å². The van der Waals surface area contributed by atoms with E-state index in [0.717, 1.165) is 18.8 Å². The largest absolute Gasteiger partial charge is 0.351 e. The van der Waals surface area contributed by atoms with Crippen LogP contribution >= 0.6 is 11.3 Å². The predicted molar refractivity (Wildman–Crippen MR) is 79.1 cm³/mol. The Morgan fingerprint density at radius 2 is 2.16 bits per heavy atom. The van der Waals surface area contributed by atoms with Crippen molar-refractivity contribution in [1.82, 2.24) is 15.2 Å². The highest BCUT2D eigenvalue weighted by molar-refractivity contribution is 7.07. The van der Waals surface area contributed by atoms with Gasteiger partial charge in [0, 0.05) is 24.5 Å². The number of carbonyl (C=O) groups is 1. The van der Waals surface area contributed by atoms with Gasteiger partial charge in [-0.3, -0.25) is 4.79 Å². The molecule has 0 saturated carbocycles. The Kier molecular flexibility index (Phi) is 6.04. The minimum absolute atomic E-state index is 0.0391. The zero-order valence-corrected chi connectivity index (χ0v) is 12.0. The van der Waals surface area contributed by atoms with Gasteiger partial charge in [0.05, 0.1) is 11.2 Å². The van der Waals surface area contributed by atoms with E-state index in [-0.39, 0.29) is 5.91 Å². The normalized spacial score (nSPS) is 17.5. The van der Waals surface area contributed by atoms with Crippen LogP contribution in [-0.2, 0) is 4.79 Å². The molecule has 0 unspecified atom stereocenters. The molecule has 1 amide bonds. The standard InChI is InChI=1S/C14H21N3OS/c18-14(6-5-13-11-19-12-16-13)15-7-10-17-8-3-1-2-4-9-17/h5-6,11-12H,1-4,7-10H2,(H,15,18)/b6-5+. The van der Waals surface area contributed by atoms with Crippen molar-refractivity contribution >= 4 is 23.3 Å². The first-order chi connectivity index (χ1) is 9.34. The van der Waals surface area contributed by atoms with Crippen molar-refractivity contribution in [1.29, 1.82) is 0 Å². The second-order valence-corrected chi connectivity index (χ2v) is 5.51. The van der Waals surface area contributed by atoms with E-state index >= 15 is 0 Å². The third kappa shape index (κ3) is 5.53. The number of nitrogens with zero attached hydrogens (tertiary/aromatic N) is 2. The molecule has 0 spiro atoms. The number of rotatable bonds is 5. The van der Waals surface area contributed by atoms with Crippen LogP contribution in [0.2, 0.25) is 0 Å². The van der Waals surface area contributed by atoms with E-state index in [9.17, 15) is 4.79 Å². The van der Waals surface area contributed by atoms with Gasteiger partial charge in [0.25, 0.3) is 0 Å². The fraction of sp³-hybridized carbons (Fsp3) is 0.571. The third-order valence-corrected chi connectivity index (χ3v) is 3.89. The summed E-state index contributed by atoms with van der Waals surface area (Å²) in [5.41, 5.74) is 2.60. The summed E-state index contributed by atoms with van der Waals surface area (Å²) in [6, 6.07) is 0. The lowest BCUT2D eigenvalue weighted by Gasteiger charge is -2.19. The van der Waals surface area contributed by atoms with Crippen molar-refractivity contribution in [3.05, 3.63) is 22.7 Å². The number of carbonyl (C=O) groups excluding carboxylic acids is 1. The van der Waals surface area contributed by atoms with Crippen molar-refractivity contribution in [3.63, 3.8) is 0 Å². The fourth-order valence-corrected chi connectivity index (χ4v) is 2.74. The minimum atomic E-state index is -0.0391. The Hall–Kier alpha value is -1.20. The van der Waals surface area contributed by atoms with Gasteiger partial charge in [0.1, 0.15) is 0 Å². The Morgan fingerprint density at radius 1 is 1.37 bits per heavy atom. The molecule has 2 heterocycles. The maximum Gasteiger partial charge on any atom is 0.244 e. The van der Waals surface area contributed by atoms with Gasteiger partial charge in [-0.15, -0.1) is 11.3 Å². The quantitative estimate of drug-likeness (QED) is 0.840. The number of nitrogens with one attached hydrogen (secondary N) is 1. The highest BCUT2D eigenvalue weighted by Gasteiger charge is 2.08. The fourth-order valence-electron chi connectivity index (χ4n) is 2.22. The van der Waals surface area contributed by atoms with E-state index in [0.29, 0.717) is 0 Å². The first kappa shape index (κ1) is 14.2. The second kappa shape index (κ2) is 8.07. The molecule has 0 bridgehead atoms. The summed E-state index contributed by atoms with van der Waals surface area (Å²) in [4.78, 5) is 18.1. The number of aromatic nitrogens is 1. The smallest absolute Gasteiger partial charge is 0.244 e. The van der Waals surface area contributed by atoms with Gasteiger partial charge >= 0.3 is 0 Å². The van der Waals surface area contributed by atoms with Crippen LogP contribution in [0.1, 0.15) is 31.4 Å². The molecule has 2 rings (SSSR count). The van der Waals surface area contributed by atoms with Gasteiger partial charge in [-0.25, -0.2) is 4.98 Å². The van der Waals surface area contributed by atoms with E-state index < -0.39 is 0 Å². The molecule has 1 N–H and O–H groups in total. The van der Waals surface area contributed by atoms with Gasteiger partial charge in [0.2, 0.25) is 5.91 Å². The number of likely N-dealkylation sites (tertiary alicyclic amines) is 1. The van der Waals surface area contributed by atoms with Crippen LogP contribution in [-0.4, -0.2) is 42.0 Å². The lowest BCUT2D eigenvalue weighted by molar-refractivity contribution is -0.116. The molecule has 1 saturated heterocycles. The van der Waals surface area contributed by atoms with Crippen LogP contribution in [0.4, 0.5) is 0 Å². The van der Waals surface area contributed by atoms with Crippen LogP contribution < -0.4 is 5.32 Å². The predicted octanol–water partition coefficient (Wildman–Crippen LogP) is 2.15. The van der Waals surface area contributed by atoms with Crippen molar-refractivity contribution in [2.75, 3.05) is 26.2 Å². The monoisotopic (exact) mass is 279 g/mol. The topological polar surface area (TPSA) is 45.2 Å². The number of hydrogen-bond donors (Lipinski definition) is 1. The average Bonchev–Trinajstić information content (AvgIpc) is 2.80. The zero-order valence-electron chi connectivity index (χ0n) is 11.2. The average molecular weight is 279 g/mol. The SMILES string of the molecule is O=C(/C=C/c1cscn1)NCCN1CCCCCC1. The summed E-state index contributed by atoms with van der Waals surface area (Å²) in [5.74, 6) is -0.0391. The van der Waals surface area contributed by atoms with Crippen LogP contribution in [0.25, 0.3) is 6.08 Å². The van der Waals surface area contributed by atoms with E-state index in [1.54, 1.807) is 17.7 Å². The van der Waals surface area contributed by atoms with Crippen LogP contribution in [0.5, 0.6) is 0 Å². The molecular formula is C14H21N3OS. The van der Waals surface area contributed by atoms with Crippen molar-refractivity contribution < 1.29 is 4.79 Å². The van der Waals surface area contributed by atoms with Gasteiger partial charge < -0.3 is 10.2 Å². The van der Waals surface area contributed by atoms with Crippen molar-refractivity contribution in [2.24, 2.45) is 0 Å². The zero-order chi connectivity index (χ0) is 13.3. The maximum absolute atomic E-state index is 11.6. The van der Waals surface area contributed by atoms with E-state index in [2.05, 4.69) is 15.2 Å². The maximum atomic E-state index is 11.6. The highest BCUT2D eigenvalue weighted by Crippen LogP contribution is 2.08. The van der Waals surface area contributed by atoms with E-state index in [1.165, 1.54) is 50.1 Å². The second-order valence-electron chi connectivity index (χ2n) is 4.79. The molecule has 5 heteroatoms. The molecule has 1 aliphatic heterocycles. The summed E-state index contributed by atoms with van der Waals surface area (Å²) in [6.07, 6.45) is 8.57. The molecule has 1 aromatic rings. The molecule has 4 nitrogen and oxygen atoms in total. The van der Waals surface area contributed by atoms with E-state index in [4.69, 9.17) is 0 Å². The molecule has 1 aliphatic rings. The Balaban J connectivity index is 1.63. The molecule has 1 fully saturated rings. The van der Waals surface area contributed by atoms with Gasteiger partial charge in [-0.1, -0.05) is 12.8 Å². The lowest BCUT2D eigenvalue weighted by atomic mass is 10.2. The van der Waals surface area contributed by atoms with Gasteiger partial charge in [0.15, 0.2) is 0 Å². The first-order valence-electron chi connectivity index (χ1n) is 6.91. The van der Waals surface area contributed by atoms with Crippen molar-refractivity contribution in [2.45, 2.75) is 25.7 Å². The van der Waals surface area contributed by atoms with Gasteiger partial charge in [-0.05, 0) is 32.0 Å². The van der Waals surface area contributed by atoms with Crippen molar-refractivity contribution in [3.8, 4) is 0 Å². The van der Waals surface area contributed by atoms with E-state index in [1.807, 2.05) is 5.38 Å². The Morgan fingerprint density at radius 3 is 2.84 bits per heavy atom. The van der Waals surface area contributed by atoms with Crippen LogP contribution in [0.15, 0.2) is 17.0 Å². The number of amides is 1. The summed E-state index contributed by atoms with van der Waals surface area (Å²) in [6.45, 7) is 4.02. The molecule has 104 valence electrons. The highest BCUT2D eigenvalue weighted by atomic mass is 32.1. The van der Waals surface area contributed by atoms with Crippen LogP contribution in [0, 0.1) is 0 Å². The van der Waals surface area contributed by atoms with Crippen LogP contribution in [0.3, 0.4) is 0 Å². The lowest BCUT2D eigenvalue weighted by Crippen LogP contribution is -2.34. The minimum Gasteiger partial charge on any atom is -0.351 e. The molecule has 0 atom stereocenters. The molecule has 1 aromatic heterocycles. The number of hydrogen-bond acceptors (Lipinski definition) is 4. The summed E-state index contributed by atoms with van der Waals surface area (Å²) in [7, 11) is 0. The summed E-state index contributed by atoms with van der Waals surface area (Å²) >= 11 is 1.53. The summed E-state index contributed by atoms with van der Waals surface area (Å²) < 4.78 is 0. The Bertz CT molecular complexity index is 395. The molecule has 0 aliphatic carbocycles. The molecule has 19 heavy (non-hydrogen) atoms. The molecule has 0 radical (unpaired) electrons. The molecule has 0 aromatic carbocycles. The first-order valence-corrected chi connectivity index (χ1v) is 7.85. The number of thiazole rings is 1. The summed E-state index contributed by atoms with van der Waals surface area (Å²) in [5, 5.41) is 4.84. The molecular weight excluding hydrogens is 258 g/mol. The van der Waals surface area contributed by atoms with Gasteiger partial charge in [-0.2, -0.15) is 0 Å².